The van der Waals surface area contributed by atoms with Crippen LogP contribution in [0.25, 0.3) is 6.08 Å². The van der Waals surface area contributed by atoms with Crippen molar-refractivity contribution in [3.63, 3.8) is 0 Å². The molecule has 0 spiro atoms. The highest BCUT2D eigenvalue weighted by Crippen LogP contribution is 2.24. The Kier molecular flexibility index (Phi) is 6.00. The summed E-state index contributed by atoms with van der Waals surface area (Å²) in [6.45, 7) is 8.58. The number of hydrogen-bond acceptors (Lipinski definition) is 3. The lowest BCUT2D eigenvalue weighted by Crippen LogP contribution is -2.13. The summed E-state index contributed by atoms with van der Waals surface area (Å²) in [7, 11) is 0. The van der Waals surface area contributed by atoms with Gasteiger partial charge in [0.25, 0.3) is 5.91 Å². The Morgan fingerprint density at radius 3 is 2.56 bits per heavy atom. The number of carbonyl (C=O) groups excluding carboxylic acids is 1. The van der Waals surface area contributed by atoms with E-state index in [0.29, 0.717) is 34.6 Å². The molecule has 0 saturated carbocycles. The Morgan fingerprint density at radius 1 is 1.36 bits per heavy atom. The lowest BCUT2D eigenvalue weighted by atomic mass is 10.1. The highest BCUT2D eigenvalue weighted by molar-refractivity contribution is 6.31. The molecule has 1 amide bonds. The summed E-state index contributed by atoms with van der Waals surface area (Å²) in [6, 6.07) is 9.31. The maximum absolute atomic E-state index is 12.4. The van der Waals surface area contributed by atoms with Crippen molar-refractivity contribution in [2.45, 2.75) is 34.2 Å². The number of benzene rings is 1. The van der Waals surface area contributed by atoms with Crippen LogP contribution in [-0.4, -0.2) is 15.7 Å². The maximum atomic E-state index is 12.4. The number of amides is 1. The number of anilines is 1. The summed E-state index contributed by atoms with van der Waals surface area (Å²) in [5.74, 6) is -0.0904. The van der Waals surface area contributed by atoms with Crippen LogP contribution in [-0.2, 0) is 11.3 Å². The molecule has 25 heavy (non-hydrogen) atoms. The van der Waals surface area contributed by atoms with Gasteiger partial charge >= 0.3 is 0 Å². The molecule has 0 aliphatic rings. The van der Waals surface area contributed by atoms with E-state index in [-0.39, 0.29) is 5.57 Å². The first-order chi connectivity index (χ1) is 11.8. The third-order valence-corrected chi connectivity index (χ3v) is 4.01. The number of nitrogens with zero attached hydrogens (tertiary/aromatic N) is 3. The van der Waals surface area contributed by atoms with Gasteiger partial charge in [-0.25, -0.2) is 0 Å². The van der Waals surface area contributed by atoms with Crippen molar-refractivity contribution in [1.29, 1.82) is 5.26 Å². The molecule has 0 saturated heterocycles. The first-order valence-corrected chi connectivity index (χ1v) is 8.42. The summed E-state index contributed by atoms with van der Waals surface area (Å²) >= 11 is 6.37. The van der Waals surface area contributed by atoms with Crippen LogP contribution in [0.5, 0.6) is 0 Å². The van der Waals surface area contributed by atoms with Gasteiger partial charge in [-0.05, 0) is 38.0 Å². The topological polar surface area (TPSA) is 70.7 Å². The summed E-state index contributed by atoms with van der Waals surface area (Å²) in [5.41, 5.74) is 2.98. The standard InChI is InChI=1S/C19H21ClN4O/c1-12(2)11-24-18(20)17(14(4)23-24)9-15(10-21)19(25)22-16-7-5-13(3)6-8-16/h5-9,12H,11H2,1-4H3,(H,22,25)/b15-9+. The van der Waals surface area contributed by atoms with E-state index < -0.39 is 5.91 Å². The van der Waals surface area contributed by atoms with E-state index in [2.05, 4.69) is 24.3 Å². The third-order valence-electron chi connectivity index (χ3n) is 3.61. The van der Waals surface area contributed by atoms with Gasteiger partial charge < -0.3 is 5.32 Å². The molecule has 0 aliphatic heterocycles. The van der Waals surface area contributed by atoms with Crippen LogP contribution in [0.15, 0.2) is 29.8 Å². The zero-order valence-corrected chi connectivity index (χ0v) is 15.6. The minimum Gasteiger partial charge on any atom is -0.321 e. The van der Waals surface area contributed by atoms with Gasteiger partial charge in [-0.1, -0.05) is 43.1 Å². The van der Waals surface area contributed by atoms with Gasteiger partial charge in [0.1, 0.15) is 16.8 Å². The van der Waals surface area contributed by atoms with Crippen LogP contribution in [0, 0.1) is 31.1 Å². The first-order valence-electron chi connectivity index (χ1n) is 8.04. The van der Waals surface area contributed by atoms with Crippen molar-refractivity contribution in [3.8, 4) is 6.07 Å². The molecular formula is C19H21ClN4O. The molecule has 2 aromatic rings. The molecule has 2 rings (SSSR count). The van der Waals surface area contributed by atoms with E-state index in [0.717, 1.165) is 5.56 Å². The van der Waals surface area contributed by atoms with Crippen LogP contribution in [0.1, 0.15) is 30.7 Å². The molecule has 5 nitrogen and oxygen atoms in total. The molecule has 0 bridgehead atoms. The van der Waals surface area contributed by atoms with Crippen molar-refractivity contribution < 1.29 is 4.79 Å². The SMILES string of the molecule is Cc1ccc(NC(=O)/C(C#N)=C/c2c(C)nn(CC(C)C)c2Cl)cc1. The number of rotatable bonds is 5. The average Bonchev–Trinajstić information content (AvgIpc) is 2.80. The summed E-state index contributed by atoms with van der Waals surface area (Å²) in [6.07, 6.45) is 1.49. The largest absolute Gasteiger partial charge is 0.321 e. The molecule has 1 aromatic carbocycles. The molecule has 0 aliphatic carbocycles. The predicted molar refractivity (Wildman–Crippen MR) is 100 cm³/mol. The number of aryl methyl sites for hydroxylation is 2. The molecule has 1 aromatic heterocycles. The normalized spacial score (nSPS) is 11.5. The highest BCUT2D eigenvalue weighted by atomic mass is 35.5. The number of nitrogens with one attached hydrogen (secondary N) is 1. The lowest BCUT2D eigenvalue weighted by Gasteiger charge is -2.06. The highest BCUT2D eigenvalue weighted by Gasteiger charge is 2.16. The second-order valence-corrected chi connectivity index (χ2v) is 6.71. The van der Waals surface area contributed by atoms with E-state index in [1.54, 1.807) is 23.7 Å². The summed E-state index contributed by atoms with van der Waals surface area (Å²) in [5, 5.41) is 16.9. The maximum Gasteiger partial charge on any atom is 0.266 e. The molecule has 0 unspecified atom stereocenters. The van der Waals surface area contributed by atoms with Crippen molar-refractivity contribution in [1.82, 2.24) is 9.78 Å². The predicted octanol–water partition coefficient (Wildman–Crippen LogP) is 4.36. The average molecular weight is 357 g/mol. The zero-order valence-electron chi connectivity index (χ0n) is 14.8. The van der Waals surface area contributed by atoms with Crippen LogP contribution < -0.4 is 5.32 Å². The van der Waals surface area contributed by atoms with Crippen LogP contribution in [0.2, 0.25) is 5.15 Å². The quantitative estimate of drug-likeness (QED) is 0.639. The van der Waals surface area contributed by atoms with E-state index >= 15 is 0 Å². The zero-order chi connectivity index (χ0) is 18.6. The Labute approximate surface area is 152 Å². The van der Waals surface area contributed by atoms with Crippen LogP contribution >= 0.6 is 11.6 Å². The summed E-state index contributed by atoms with van der Waals surface area (Å²) in [4.78, 5) is 12.4. The van der Waals surface area contributed by atoms with Gasteiger partial charge in [0.05, 0.1) is 5.69 Å². The second kappa shape index (κ2) is 8.00. The van der Waals surface area contributed by atoms with Crippen LogP contribution in [0.3, 0.4) is 0 Å². The van der Waals surface area contributed by atoms with Crippen molar-refractivity contribution in [2.75, 3.05) is 5.32 Å². The number of nitriles is 1. The van der Waals surface area contributed by atoms with E-state index in [4.69, 9.17) is 11.6 Å². The van der Waals surface area contributed by atoms with Gasteiger partial charge in [0, 0.05) is 17.8 Å². The first kappa shape index (κ1) is 18.8. The minimum absolute atomic E-state index is 0.0188. The molecule has 6 heteroatoms. The second-order valence-electron chi connectivity index (χ2n) is 6.36. The van der Waals surface area contributed by atoms with Crippen molar-refractivity contribution >= 4 is 29.3 Å². The van der Waals surface area contributed by atoms with Gasteiger partial charge in [-0.2, -0.15) is 10.4 Å². The molecule has 130 valence electrons. The molecule has 1 heterocycles. The molecule has 0 fully saturated rings. The number of halogens is 1. The Morgan fingerprint density at radius 2 is 2.00 bits per heavy atom. The van der Waals surface area contributed by atoms with Crippen molar-refractivity contribution in [3.05, 3.63) is 51.8 Å². The van der Waals surface area contributed by atoms with Gasteiger partial charge in [0.2, 0.25) is 0 Å². The fourth-order valence-electron chi connectivity index (χ4n) is 2.33. The molecular weight excluding hydrogens is 336 g/mol. The number of hydrogen-bond donors (Lipinski definition) is 1. The Bertz CT molecular complexity index is 842. The molecule has 0 radical (unpaired) electrons. The van der Waals surface area contributed by atoms with Gasteiger partial charge in [-0.15, -0.1) is 0 Å². The fraction of sp³-hybridized carbons (Fsp3) is 0.316. The smallest absolute Gasteiger partial charge is 0.266 e. The van der Waals surface area contributed by atoms with Crippen molar-refractivity contribution in [2.24, 2.45) is 5.92 Å². The fourth-order valence-corrected chi connectivity index (χ4v) is 2.62. The van der Waals surface area contributed by atoms with E-state index in [9.17, 15) is 10.1 Å². The molecule has 1 N–H and O–H groups in total. The van der Waals surface area contributed by atoms with E-state index in [1.165, 1.54) is 6.08 Å². The number of carbonyl (C=O) groups is 1. The van der Waals surface area contributed by atoms with Crippen LogP contribution in [0.4, 0.5) is 5.69 Å². The van der Waals surface area contributed by atoms with Gasteiger partial charge in [-0.3, -0.25) is 9.48 Å². The Balaban J connectivity index is 2.28. The summed E-state index contributed by atoms with van der Waals surface area (Å²) < 4.78 is 1.69. The lowest BCUT2D eigenvalue weighted by molar-refractivity contribution is -0.112. The van der Waals surface area contributed by atoms with Gasteiger partial charge in [0.15, 0.2) is 0 Å². The number of aromatic nitrogens is 2. The van der Waals surface area contributed by atoms with E-state index in [1.807, 2.05) is 25.1 Å². The monoisotopic (exact) mass is 356 g/mol. The Hall–Kier alpha value is -2.58. The minimum atomic E-state index is -0.474. The third kappa shape index (κ3) is 4.71. The molecule has 0 atom stereocenters.